The first-order valence-corrected chi connectivity index (χ1v) is 4.71. The fourth-order valence-corrected chi connectivity index (χ4v) is 1.46. The van der Waals surface area contributed by atoms with Crippen molar-refractivity contribution in [3.63, 3.8) is 0 Å². The highest BCUT2D eigenvalue weighted by Crippen LogP contribution is 2.09. The molecule has 2 rings (SSSR count). The Morgan fingerprint density at radius 3 is 2.86 bits per heavy atom. The van der Waals surface area contributed by atoms with E-state index in [1.165, 1.54) is 0 Å². The van der Waals surface area contributed by atoms with Crippen LogP contribution < -0.4 is 0 Å². The summed E-state index contributed by atoms with van der Waals surface area (Å²) in [6.45, 7) is 2.68. The van der Waals surface area contributed by atoms with Gasteiger partial charge in [-0.15, -0.1) is 0 Å². The lowest BCUT2D eigenvalue weighted by Gasteiger charge is -2.03. The third-order valence-corrected chi connectivity index (χ3v) is 2.27. The zero-order valence-corrected chi connectivity index (χ0v) is 8.57. The van der Waals surface area contributed by atoms with Crippen molar-refractivity contribution in [2.45, 2.75) is 13.5 Å². The number of aromatic nitrogens is 3. The van der Waals surface area contributed by atoms with Gasteiger partial charge in [-0.3, -0.25) is 4.98 Å². The first kappa shape index (κ1) is 9.21. The van der Waals surface area contributed by atoms with Gasteiger partial charge in [0.05, 0.1) is 12.2 Å². The van der Waals surface area contributed by atoms with Crippen molar-refractivity contribution in [2.75, 3.05) is 0 Å². The minimum Gasteiger partial charge on any atom is -0.329 e. The van der Waals surface area contributed by atoms with E-state index in [2.05, 4.69) is 9.97 Å². The van der Waals surface area contributed by atoms with Gasteiger partial charge in [-0.05, 0) is 19.1 Å². The monoisotopic (exact) mass is 207 g/mol. The number of nitrogens with zero attached hydrogens (tertiary/aromatic N) is 3. The molecule has 0 aliphatic rings. The Morgan fingerprint density at radius 2 is 2.21 bits per heavy atom. The largest absolute Gasteiger partial charge is 0.329 e. The zero-order chi connectivity index (χ0) is 9.97. The predicted octanol–water partition coefficient (Wildman–Crippen LogP) is 2.29. The number of rotatable bonds is 2. The average Bonchev–Trinajstić information content (AvgIpc) is 2.52. The van der Waals surface area contributed by atoms with E-state index in [1.807, 2.05) is 23.8 Å². The van der Waals surface area contributed by atoms with Gasteiger partial charge in [-0.1, -0.05) is 11.6 Å². The van der Waals surface area contributed by atoms with Crippen LogP contribution in [0.25, 0.3) is 0 Å². The van der Waals surface area contributed by atoms with Crippen LogP contribution in [0.5, 0.6) is 0 Å². The summed E-state index contributed by atoms with van der Waals surface area (Å²) in [6.07, 6.45) is 5.42. The van der Waals surface area contributed by atoms with E-state index in [0.717, 1.165) is 11.5 Å². The third-order valence-electron chi connectivity index (χ3n) is 2.03. The van der Waals surface area contributed by atoms with E-state index in [-0.39, 0.29) is 0 Å². The van der Waals surface area contributed by atoms with Gasteiger partial charge in [-0.25, -0.2) is 4.98 Å². The van der Waals surface area contributed by atoms with E-state index < -0.39 is 0 Å². The highest BCUT2D eigenvalue weighted by Gasteiger charge is 1.99. The van der Waals surface area contributed by atoms with Crippen LogP contribution in [-0.4, -0.2) is 14.5 Å². The van der Waals surface area contributed by atoms with Gasteiger partial charge in [0.15, 0.2) is 0 Å². The molecule has 2 heterocycles. The van der Waals surface area contributed by atoms with Crippen molar-refractivity contribution >= 4 is 11.6 Å². The average molecular weight is 208 g/mol. The highest BCUT2D eigenvalue weighted by atomic mass is 35.5. The van der Waals surface area contributed by atoms with Crippen molar-refractivity contribution in [1.82, 2.24) is 14.5 Å². The maximum atomic E-state index is 5.86. The Bertz CT molecular complexity index is 436. The van der Waals surface area contributed by atoms with Crippen LogP contribution in [0, 0.1) is 6.92 Å². The van der Waals surface area contributed by atoms with Crippen LogP contribution in [0.4, 0.5) is 0 Å². The lowest BCUT2D eigenvalue weighted by Crippen LogP contribution is -2.02. The Balaban J connectivity index is 2.23. The predicted molar refractivity (Wildman–Crippen MR) is 55.3 cm³/mol. The second-order valence-corrected chi connectivity index (χ2v) is 3.50. The summed E-state index contributed by atoms with van der Waals surface area (Å²) in [6, 6.07) is 3.63. The molecule has 0 bridgehead atoms. The molecule has 0 saturated carbocycles. The smallest absolute Gasteiger partial charge is 0.105 e. The van der Waals surface area contributed by atoms with Gasteiger partial charge in [0.2, 0.25) is 0 Å². The molecule has 0 unspecified atom stereocenters. The van der Waals surface area contributed by atoms with Gasteiger partial charge >= 0.3 is 0 Å². The summed E-state index contributed by atoms with van der Waals surface area (Å²) >= 11 is 5.86. The fourth-order valence-electron chi connectivity index (χ4n) is 1.28. The highest BCUT2D eigenvalue weighted by molar-refractivity contribution is 6.30. The molecule has 0 aliphatic heterocycles. The summed E-state index contributed by atoms with van der Waals surface area (Å²) in [5, 5.41) is 0.716. The number of aryl methyl sites for hydroxylation is 1. The number of hydrogen-bond acceptors (Lipinski definition) is 2. The summed E-state index contributed by atoms with van der Waals surface area (Å²) in [5.74, 6) is 0.978. The van der Waals surface area contributed by atoms with Crippen molar-refractivity contribution in [1.29, 1.82) is 0 Å². The summed E-state index contributed by atoms with van der Waals surface area (Å²) < 4.78 is 2.03. The number of hydrogen-bond donors (Lipinski definition) is 0. The molecule has 0 aliphatic carbocycles. The Kier molecular flexibility index (Phi) is 2.50. The molecule has 0 amide bonds. The van der Waals surface area contributed by atoms with E-state index >= 15 is 0 Å². The molecule has 2 aromatic heterocycles. The molecule has 0 saturated heterocycles. The molecular formula is C10H10ClN3. The SMILES string of the molecule is Cc1nccn1Cc1cc(Cl)ccn1. The second-order valence-electron chi connectivity index (χ2n) is 3.07. The summed E-state index contributed by atoms with van der Waals surface area (Å²) in [7, 11) is 0. The van der Waals surface area contributed by atoms with Crippen molar-refractivity contribution in [3.05, 3.63) is 47.3 Å². The van der Waals surface area contributed by atoms with Crippen molar-refractivity contribution < 1.29 is 0 Å². The molecule has 0 fully saturated rings. The standard InChI is InChI=1S/C10H10ClN3/c1-8-12-4-5-14(8)7-10-6-9(11)2-3-13-10/h2-6H,7H2,1H3. The third kappa shape index (κ3) is 1.93. The van der Waals surface area contributed by atoms with Crippen LogP contribution in [0.2, 0.25) is 5.02 Å². The second kappa shape index (κ2) is 3.80. The van der Waals surface area contributed by atoms with Gasteiger partial charge in [0, 0.05) is 23.6 Å². The van der Waals surface area contributed by atoms with E-state index in [4.69, 9.17) is 11.6 Å². The van der Waals surface area contributed by atoms with Gasteiger partial charge in [0.1, 0.15) is 5.82 Å². The molecule has 0 radical (unpaired) electrons. The zero-order valence-electron chi connectivity index (χ0n) is 7.81. The lowest BCUT2D eigenvalue weighted by atomic mass is 10.3. The first-order valence-electron chi connectivity index (χ1n) is 4.34. The minimum absolute atomic E-state index is 0.715. The van der Waals surface area contributed by atoms with Crippen molar-refractivity contribution in [3.8, 4) is 0 Å². The number of imidazole rings is 1. The van der Waals surface area contributed by atoms with Crippen LogP contribution in [-0.2, 0) is 6.54 Å². The van der Waals surface area contributed by atoms with Gasteiger partial charge < -0.3 is 4.57 Å². The molecule has 4 heteroatoms. The maximum Gasteiger partial charge on any atom is 0.105 e. The molecule has 14 heavy (non-hydrogen) atoms. The first-order chi connectivity index (χ1) is 6.75. The van der Waals surface area contributed by atoms with Gasteiger partial charge in [-0.2, -0.15) is 0 Å². The van der Waals surface area contributed by atoms with Crippen LogP contribution in [0.3, 0.4) is 0 Å². The number of halogens is 1. The van der Waals surface area contributed by atoms with E-state index in [9.17, 15) is 0 Å². The quantitative estimate of drug-likeness (QED) is 0.757. The van der Waals surface area contributed by atoms with Crippen molar-refractivity contribution in [2.24, 2.45) is 0 Å². The molecule has 2 aromatic rings. The summed E-state index contributed by atoms with van der Waals surface area (Å²) in [4.78, 5) is 8.36. The minimum atomic E-state index is 0.715. The normalized spacial score (nSPS) is 10.4. The molecule has 0 N–H and O–H groups in total. The molecular weight excluding hydrogens is 198 g/mol. The van der Waals surface area contributed by atoms with E-state index in [1.54, 1.807) is 18.5 Å². The molecule has 3 nitrogen and oxygen atoms in total. The summed E-state index contributed by atoms with van der Waals surface area (Å²) in [5.41, 5.74) is 0.943. The molecule has 0 aromatic carbocycles. The fraction of sp³-hybridized carbons (Fsp3) is 0.200. The van der Waals surface area contributed by atoms with Gasteiger partial charge in [0.25, 0.3) is 0 Å². The van der Waals surface area contributed by atoms with Crippen LogP contribution in [0.1, 0.15) is 11.5 Å². The Hall–Kier alpha value is -1.35. The van der Waals surface area contributed by atoms with E-state index in [0.29, 0.717) is 11.6 Å². The molecule has 0 atom stereocenters. The Morgan fingerprint density at radius 1 is 1.36 bits per heavy atom. The van der Waals surface area contributed by atoms with Crippen LogP contribution in [0.15, 0.2) is 30.7 Å². The number of pyridine rings is 1. The van der Waals surface area contributed by atoms with Crippen LogP contribution >= 0.6 is 11.6 Å². The molecule has 0 spiro atoms. The molecule has 72 valence electrons. The topological polar surface area (TPSA) is 30.7 Å². The Labute approximate surface area is 87.4 Å². The maximum absolute atomic E-state index is 5.86. The lowest BCUT2D eigenvalue weighted by molar-refractivity contribution is 0.742.